The van der Waals surface area contributed by atoms with E-state index in [2.05, 4.69) is 15.7 Å². The van der Waals surface area contributed by atoms with Gasteiger partial charge >= 0.3 is 12.0 Å². The Balaban J connectivity index is 1.92. The number of carbonyl (C=O) groups excluding carboxylic acids is 1. The predicted octanol–water partition coefficient (Wildman–Crippen LogP) is 1.98. The third-order valence-electron chi connectivity index (χ3n) is 3.57. The summed E-state index contributed by atoms with van der Waals surface area (Å²) in [6.45, 7) is 3.99. The molecule has 110 valence electrons. The highest BCUT2D eigenvalue weighted by Gasteiger charge is 2.40. The first kappa shape index (κ1) is 14.4. The number of hydrogen-bond acceptors (Lipinski definition) is 3. The maximum atomic E-state index is 11.9. The van der Waals surface area contributed by atoms with Gasteiger partial charge in [-0.15, -0.1) is 0 Å². The summed E-state index contributed by atoms with van der Waals surface area (Å²) in [7, 11) is 0. The molecule has 2 rings (SSSR count). The molecule has 0 aromatic carbocycles. The summed E-state index contributed by atoms with van der Waals surface area (Å²) in [5, 5.41) is 18.5. The molecule has 1 aromatic rings. The second kappa shape index (κ2) is 5.52. The maximum Gasteiger partial charge on any atom is 0.319 e. The van der Waals surface area contributed by atoms with Crippen molar-refractivity contribution in [1.82, 2.24) is 15.1 Å². The van der Waals surface area contributed by atoms with E-state index in [0.29, 0.717) is 18.5 Å². The van der Waals surface area contributed by atoms with E-state index in [0.717, 1.165) is 6.42 Å². The van der Waals surface area contributed by atoms with Gasteiger partial charge in [0.1, 0.15) is 0 Å². The Morgan fingerprint density at radius 2 is 2.20 bits per heavy atom. The van der Waals surface area contributed by atoms with Crippen LogP contribution < -0.4 is 10.6 Å². The van der Waals surface area contributed by atoms with Gasteiger partial charge in [-0.2, -0.15) is 5.10 Å². The Labute approximate surface area is 117 Å². The van der Waals surface area contributed by atoms with Crippen molar-refractivity contribution in [2.75, 3.05) is 5.32 Å². The van der Waals surface area contributed by atoms with Gasteiger partial charge in [0.15, 0.2) is 0 Å². The van der Waals surface area contributed by atoms with Crippen molar-refractivity contribution >= 4 is 17.7 Å². The van der Waals surface area contributed by atoms with Crippen LogP contribution in [0.4, 0.5) is 10.5 Å². The fourth-order valence-electron chi connectivity index (χ4n) is 2.33. The number of nitrogens with zero attached hydrogens (tertiary/aromatic N) is 2. The summed E-state index contributed by atoms with van der Waals surface area (Å²) in [5.41, 5.74) is 0.00485. The first-order chi connectivity index (χ1) is 9.40. The fraction of sp³-hybridized carbons (Fsp3) is 0.615. The average Bonchev–Trinajstić information content (AvgIpc) is 2.73. The van der Waals surface area contributed by atoms with Crippen LogP contribution in [-0.2, 0) is 4.79 Å². The summed E-state index contributed by atoms with van der Waals surface area (Å²) in [4.78, 5) is 22.8. The van der Waals surface area contributed by atoms with E-state index in [1.165, 1.54) is 0 Å². The molecule has 0 saturated heterocycles. The highest BCUT2D eigenvalue weighted by molar-refractivity contribution is 5.90. The predicted molar refractivity (Wildman–Crippen MR) is 73.6 cm³/mol. The highest BCUT2D eigenvalue weighted by atomic mass is 16.4. The quantitative estimate of drug-likeness (QED) is 0.768. The summed E-state index contributed by atoms with van der Waals surface area (Å²) < 4.78 is 1.74. The number of hydrogen-bond donors (Lipinski definition) is 3. The zero-order valence-electron chi connectivity index (χ0n) is 11.7. The number of carbonyl (C=O) groups is 2. The third kappa shape index (κ3) is 3.28. The molecule has 2 amide bonds. The number of aromatic nitrogens is 2. The summed E-state index contributed by atoms with van der Waals surface area (Å²) >= 11 is 0. The van der Waals surface area contributed by atoms with Crippen LogP contribution in [0.2, 0.25) is 0 Å². The van der Waals surface area contributed by atoms with Crippen molar-refractivity contribution in [3.8, 4) is 0 Å². The van der Waals surface area contributed by atoms with Crippen molar-refractivity contribution < 1.29 is 14.7 Å². The molecule has 7 nitrogen and oxygen atoms in total. The molecular formula is C13H20N4O3. The molecule has 1 heterocycles. The van der Waals surface area contributed by atoms with E-state index in [4.69, 9.17) is 5.11 Å². The normalized spacial score (nSPS) is 16.6. The smallest absolute Gasteiger partial charge is 0.319 e. The number of urea groups is 1. The largest absolute Gasteiger partial charge is 0.481 e. The van der Waals surface area contributed by atoms with Gasteiger partial charge in [-0.05, 0) is 33.1 Å². The maximum absolute atomic E-state index is 11.9. The zero-order valence-corrected chi connectivity index (χ0v) is 11.7. The van der Waals surface area contributed by atoms with Gasteiger partial charge in [-0.25, -0.2) is 4.79 Å². The molecule has 7 heteroatoms. The molecule has 0 radical (unpaired) electrons. The standard InChI is InChI=1S/C13H20N4O3/c1-9(2)17-8-10(7-14-17)15-12(20)16-13(4-3-5-13)6-11(18)19/h7-9H,3-6H2,1-2H3,(H,18,19)(H2,15,16,20). The van der Waals surface area contributed by atoms with E-state index in [1.54, 1.807) is 17.1 Å². The Kier molecular flexibility index (Phi) is 3.96. The molecule has 0 bridgehead atoms. The van der Waals surface area contributed by atoms with Gasteiger partial charge in [-0.3, -0.25) is 9.48 Å². The van der Waals surface area contributed by atoms with Crippen molar-refractivity contribution in [2.24, 2.45) is 0 Å². The molecule has 1 fully saturated rings. The number of anilines is 1. The number of amides is 2. The van der Waals surface area contributed by atoms with Gasteiger partial charge in [0.05, 0.1) is 23.8 Å². The first-order valence-electron chi connectivity index (χ1n) is 6.75. The topological polar surface area (TPSA) is 96.2 Å². The van der Waals surface area contributed by atoms with Gasteiger partial charge in [0, 0.05) is 12.2 Å². The molecule has 1 aliphatic carbocycles. The lowest BCUT2D eigenvalue weighted by Gasteiger charge is -2.41. The van der Waals surface area contributed by atoms with Gasteiger partial charge < -0.3 is 15.7 Å². The molecule has 1 aromatic heterocycles. The molecule has 1 aliphatic rings. The SMILES string of the molecule is CC(C)n1cc(NC(=O)NC2(CC(=O)O)CCC2)cn1. The molecule has 3 N–H and O–H groups in total. The van der Waals surface area contributed by atoms with Crippen LogP contribution in [0, 0.1) is 0 Å². The van der Waals surface area contributed by atoms with Crippen LogP contribution in [0.15, 0.2) is 12.4 Å². The van der Waals surface area contributed by atoms with E-state index in [1.807, 2.05) is 13.8 Å². The Morgan fingerprint density at radius 3 is 2.65 bits per heavy atom. The molecule has 0 aliphatic heterocycles. The molecule has 0 unspecified atom stereocenters. The highest BCUT2D eigenvalue weighted by Crippen LogP contribution is 2.34. The van der Waals surface area contributed by atoms with Gasteiger partial charge in [-0.1, -0.05) is 0 Å². The number of aliphatic carboxylic acids is 1. The molecule has 0 spiro atoms. The zero-order chi connectivity index (χ0) is 14.8. The van der Waals surface area contributed by atoms with Crippen molar-refractivity contribution in [3.05, 3.63) is 12.4 Å². The lowest BCUT2D eigenvalue weighted by atomic mass is 9.74. The molecule has 1 saturated carbocycles. The second-order valence-corrected chi connectivity index (χ2v) is 5.59. The van der Waals surface area contributed by atoms with Crippen LogP contribution in [-0.4, -0.2) is 32.4 Å². The second-order valence-electron chi connectivity index (χ2n) is 5.59. The minimum absolute atomic E-state index is 0.0360. The average molecular weight is 280 g/mol. The molecule has 0 atom stereocenters. The van der Waals surface area contributed by atoms with Crippen molar-refractivity contribution in [1.29, 1.82) is 0 Å². The minimum Gasteiger partial charge on any atom is -0.481 e. The van der Waals surface area contributed by atoms with Gasteiger partial charge in [0.2, 0.25) is 0 Å². The van der Waals surface area contributed by atoms with E-state index in [-0.39, 0.29) is 18.5 Å². The number of rotatable bonds is 5. The van der Waals surface area contributed by atoms with Crippen molar-refractivity contribution in [2.45, 2.75) is 51.1 Å². The number of nitrogens with one attached hydrogen (secondary N) is 2. The van der Waals surface area contributed by atoms with E-state index < -0.39 is 11.5 Å². The number of carboxylic acid groups (broad SMARTS) is 1. The fourth-order valence-corrected chi connectivity index (χ4v) is 2.33. The lowest BCUT2D eigenvalue weighted by molar-refractivity contribution is -0.139. The summed E-state index contributed by atoms with van der Waals surface area (Å²) in [5.74, 6) is -0.891. The van der Waals surface area contributed by atoms with Crippen LogP contribution in [0.25, 0.3) is 0 Å². The Morgan fingerprint density at radius 1 is 1.50 bits per heavy atom. The summed E-state index contributed by atoms with van der Waals surface area (Å²) in [6.07, 6.45) is 5.64. The Hall–Kier alpha value is -2.05. The number of carboxylic acids is 1. The van der Waals surface area contributed by atoms with Crippen LogP contribution in [0.1, 0.15) is 45.6 Å². The van der Waals surface area contributed by atoms with Crippen LogP contribution in [0.3, 0.4) is 0 Å². The van der Waals surface area contributed by atoms with Gasteiger partial charge in [0.25, 0.3) is 0 Å². The summed E-state index contributed by atoms with van der Waals surface area (Å²) in [6, 6.07) is -0.159. The van der Waals surface area contributed by atoms with Crippen LogP contribution >= 0.6 is 0 Å². The van der Waals surface area contributed by atoms with Crippen LogP contribution in [0.5, 0.6) is 0 Å². The Bertz CT molecular complexity index is 505. The lowest BCUT2D eigenvalue weighted by Crippen LogP contribution is -2.55. The molecular weight excluding hydrogens is 260 g/mol. The van der Waals surface area contributed by atoms with E-state index in [9.17, 15) is 9.59 Å². The van der Waals surface area contributed by atoms with E-state index >= 15 is 0 Å². The molecule has 20 heavy (non-hydrogen) atoms. The first-order valence-corrected chi connectivity index (χ1v) is 6.75. The third-order valence-corrected chi connectivity index (χ3v) is 3.57. The monoisotopic (exact) mass is 280 g/mol. The van der Waals surface area contributed by atoms with Crippen molar-refractivity contribution in [3.63, 3.8) is 0 Å². The minimum atomic E-state index is -0.891.